The minimum absolute atomic E-state index is 0.130. The van der Waals surface area contributed by atoms with E-state index < -0.39 is 94.0 Å². The van der Waals surface area contributed by atoms with Crippen molar-refractivity contribution in [2.45, 2.75) is 170 Å². The van der Waals surface area contributed by atoms with E-state index in [0.717, 1.165) is 0 Å². The average Bonchev–Trinajstić information content (AvgIpc) is 3.03. The number of aliphatic hydroxyl groups is 5. The summed E-state index contributed by atoms with van der Waals surface area (Å²) >= 11 is 1.82. The predicted molar refractivity (Wildman–Crippen MR) is 193 cm³/mol. The van der Waals surface area contributed by atoms with Crippen LogP contribution < -0.4 is 5.32 Å². The number of likely N-dealkylation sites (N-methyl/N-ethyl adjacent to an activating group) is 2. The number of hydrogen-bond donors (Lipinski definition) is 6. The minimum atomic E-state index is -1.82. The van der Waals surface area contributed by atoms with E-state index in [-0.39, 0.29) is 30.9 Å². The Balaban J connectivity index is 2.14. The molecule has 3 saturated heterocycles. The molecule has 0 unspecified atom stereocenters. The molecule has 3 rings (SSSR count). The van der Waals surface area contributed by atoms with Crippen molar-refractivity contribution in [2.75, 3.05) is 27.7 Å². The van der Waals surface area contributed by atoms with Gasteiger partial charge in [0.05, 0.1) is 41.5 Å². The van der Waals surface area contributed by atoms with Crippen molar-refractivity contribution in [3.05, 3.63) is 0 Å². The summed E-state index contributed by atoms with van der Waals surface area (Å²) in [6.45, 7) is 16.1. The van der Waals surface area contributed by atoms with Crippen LogP contribution in [0.15, 0.2) is 0 Å². The molecule has 0 amide bonds. The van der Waals surface area contributed by atoms with Crippen LogP contribution in [0.1, 0.15) is 81.6 Å². The van der Waals surface area contributed by atoms with Gasteiger partial charge in [-0.3, -0.25) is 4.79 Å². The Bertz CT molecular complexity index is 1100. The fourth-order valence-corrected chi connectivity index (χ4v) is 8.56. The molecule has 0 aliphatic carbocycles. The number of nitrogens with zero attached hydrogens (tertiary/aromatic N) is 1. The Hall–Kier alpha value is -0.280. The Morgan fingerprint density at radius 1 is 0.960 bits per heavy atom. The molecule has 6 N–H and O–H groups in total. The molecule has 3 aliphatic rings. The lowest BCUT2D eigenvalue weighted by Crippen LogP contribution is -2.60. The van der Waals surface area contributed by atoms with E-state index in [1.807, 2.05) is 48.4 Å². The number of carbonyl (C=O) groups excluding carboxylic acids is 1. The molecule has 0 radical (unpaired) electrons. The van der Waals surface area contributed by atoms with E-state index in [0.29, 0.717) is 13.0 Å². The number of esters is 1. The molecule has 0 spiro atoms. The Morgan fingerprint density at radius 3 is 2.16 bits per heavy atom. The highest BCUT2D eigenvalue weighted by atomic mass is 127. The van der Waals surface area contributed by atoms with Gasteiger partial charge in [0.15, 0.2) is 16.7 Å². The smallest absolute Gasteiger partial charge is 0.312 e. The van der Waals surface area contributed by atoms with E-state index in [1.54, 1.807) is 48.6 Å². The van der Waals surface area contributed by atoms with Gasteiger partial charge in [-0.25, -0.2) is 0 Å². The maximum atomic E-state index is 14.0. The molecule has 3 fully saturated rings. The quantitative estimate of drug-likeness (QED) is 0.129. The second-order valence-corrected chi connectivity index (χ2v) is 17.1. The first-order chi connectivity index (χ1) is 23.0. The molecule has 3 aliphatic heterocycles. The SMILES string of the molecule is CN[C@H]1C[C@@H](C)O[C@@H](O[C@@H]2[C@@H](C)[C@H](O[C@H]3C[C@@](C)(OC)[C@@H](O)[C@H](C)O3)[C@@H](C)C(=O)O[C@H](I)[C@@](C)(O)[C@H](O)[C@@H](C)N(C)C[C@H](C)C[C@@]2(C)O)[C@@H]1O. The summed E-state index contributed by atoms with van der Waals surface area (Å²) in [5.74, 6) is -2.62. The van der Waals surface area contributed by atoms with Crippen LogP contribution in [0, 0.1) is 17.8 Å². The molecule has 14 nitrogen and oxygen atoms in total. The van der Waals surface area contributed by atoms with Crippen molar-refractivity contribution in [3.63, 3.8) is 0 Å². The number of aliphatic hydroxyl groups excluding tert-OH is 3. The molecule has 294 valence electrons. The van der Waals surface area contributed by atoms with Crippen molar-refractivity contribution in [3.8, 4) is 0 Å². The molecule has 3 heterocycles. The largest absolute Gasteiger partial charge is 0.448 e. The van der Waals surface area contributed by atoms with Gasteiger partial charge >= 0.3 is 5.97 Å². The van der Waals surface area contributed by atoms with Gasteiger partial charge in [0.1, 0.15) is 23.9 Å². The van der Waals surface area contributed by atoms with E-state index >= 15 is 0 Å². The first kappa shape index (κ1) is 44.1. The monoisotopic (exact) mass is 832 g/mol. The van der Waals surface area contributed by atoms with Gasteiger partial charge in [0, 0.05) is 38.1 Å². The molecule has 0 bridgehead atoms. The normalized spacial score (nSPS) is 51.0. The summed E-state index contributed by atoms with van der Waals surface area (Å²) in [5.41, 5.74) is -4.39. The van der Waals surface area contributed by atoms with Gasteiger partial charge in [-0.05, 0) is 104 Å². The van der Waals surface area contributed by atoms with E-state index in [1.165, 1.54) is 14.0 Å². The second-order valence-electron chi connectivity index (χ2n) is 15.9. The number of hydrogen-bond acceptors (Lipinski definition) is 14. The van der Waals surface area contributed by atoms with Gasteiger partial charge in [-0.2, -0.15) is 0 Å². The van der Waals surface area contributed by atoms with E-state index in [9.17, 15) is 30.3 Å². The average molecular weight is 833 g/mol. The van der Waals surface area contributed by atoms with Gasteiger partial charge in [-0.15, -0.1) is 0 Å². The number of alkyl halides is 1. The van der Waals surface area contributed by atoms with Crippen LogP contribution in [0.25, 0.3) is 0 Å². The summed E-state index contributed by atoms with van der Waals surface area (Å²) in [4.78, 5) is 15.9. The molecular weight excluding hydrogens is 767 g/mol. The second kappa shape index (κ2) is 17.5. The molecule has 50 heavy (non-hydrogen) atoms. The lowest BCUT2D eigenvalue weighted by molar-refractivity contribution is -0.315. The van der Waals surface area contributed by atoms with Gasteiger partial charge in [0.25, 0.3) is 0 Å². The summed E-state index contributed by atoms with van der Waals surface area (Å²) in [6.07, 6.45) is -7.43. The first-order valence-corrected chi connectivity index (χ1v) is 19.1. The fourth-order valence-electron chi connectivity index (χ4n) is 7.94. The molecule has 0 saturated carbocycles. The van der Waals surface area contributed by atoms with Crippen LogP contribution in [-0.4, -0.2) is 152 Å². The lowest BCUT2D eigenvalue weighted by atomic mass is 9.77. The van der Waals surface area contributed by atoms with Crippen molar-refractivity contribution in [1.82, 2.24) is 10.2 Å². The van der Waals surface area contributed by atoms with Gasteiger partial charge < -0.3 is 64.2 Å². The third-order valence-electron chi connectivity index (χ3n) is 11.3. The number of ether oxygens (including phenoxy) is 6. The zero-order valence-corrected chi connectivity index (χ0v) is 34.1. The van der Waals surface area contributed by atoms with Crippen molar-refractivity contribution in [2.24, 2.45) is 17.8 Å². The van der Waals surface area contributed by atoms with Crippen molar-refractivity contribution >= 4 is 28.6 Å². The molecule has 0 aromatic carbocycles. The van der Waals surface area contributed by atoms with Crippen LogP contribution in [0.3, 0.4) is 0 Å². The number of cyclic esters (lactones) is 1. The summed E-state index contributed by atoms with van der Waals surface area (Å²) < 4.78 is 35.9. The third kappa shape index (κ3) is 9.87. The zero-order chi connectivity index (χ0) is 38.1. The number of methoxy groups -OCH3 is 1. The van der Waals surface area contributed by atoms with Gasteiger partial charge in [-0.1, -0.05) is 13.8 Å². The predicted octanol–water partition coefficient (Wildman–Crippen LogP) is 1.54. The van der Waals surface area contributed by atoms with Crippen molar-refractivity contribution < 1.29 is 58.7 Å². The fraction of sp³-hybridized carbons (Fsp3) is 0.971. The highest BCUT2D eigenvalue weighted by Crippen LogP contribution is 2.40. The highest BCUT2D eigenvalue weighted by molar-refractivity contribution is 14.1. The van der Waals surface area contributed by atoms with Crippen LogP contribution in [0.2, 0.25) is 0 Å². The van der Waals surface area contributed by atoms with Crippen LogP contribution in [-0.2, 0) is 33.2 Å². The van der Waals surface area contributed by atoms with E-state index in [4.69, 9.17) is 28.4 Å². The summed E-state index contributed by atoms with van der Waals surface area (Å²) in [7, 11) is 5.08. The molecule has 0 aromatic heterocycles. The number of carbonyl (C=O) groups is 1. The molecular formula is C35H65IN2O12. The van der Waals surface area contributed by atoms with Crippen molar-refractivity contribution in [1.29, 1.82) is 0 Å². The minimum Gasteiger partial charge on any atom is -0.448 e. The summed E-state index contributed by atoms with van der Waals surface area (Å²) in [5, 5.41) is 60.5. The number of halogens is 1. The maximum absolute atomic E-state index is 14.0. The maximum Gasteiger partial charge on any atom is 0.312 e. The zero-order valence-electron chi connectivity index (χ0n) is 31.9. The van der Waals surface area contributed by atoms with Gasteiger partial charge in [0.2, 0.25) is 0 Å². The molecule has 0 aromatic rings. The van der Waals surface area contributed by atoms with Crippen LogP contribution in [0.4, 0.5) is 0 Å². The van der Waals surface area contributed by atoms with Crippen LogP contribution in [0.5, 0.6) is 0 Å². The number of rotatable bonds is 6. The standard InChI is InChI=1S/C35H65IN2O12/c1-17-14-33(7,43)29(49-31-25(39)23(37-10)13-18(2)46-31)19(3)26(48-24-15-34(8,45-12)28(41)22(6)47-24)20(4)30(42)50-32(36)35(9,44)27(40)21(5)38(11)16-17/h17-29,31-32,37,39-41,43-44H,13-16H2,1-12H3/t17-,18-,19+,20-,21-,22+,23+,24+,25-,26+,27-,28+,29-,31+,32+,33-,34-,35+/m1/s1. The Labute approximate surface area is 312 Å². The molecule has 15 heteroatoms. The Kier molecular flexibility index (Phi) is 15.4. The third-order valence-corrected chi connectivity index (χ3v) is 12.9. The summed E-state index contributed by atoms with van der Waals surface area (Å²) in [6, 6.07) is -0.865. The molecule has 18 atom stereocenters. The topological polar surface area (TPSA) is 189 Å². The van der Waals surface area contributed by atoms with Crippen LogP contribution >= 0.6 is 22.6 Å². The highest BCUT2D eigenvalue weighted by Gasteiger charge is 2.52. The first-order valence-electron chi connectivity index (χ1n) is 17.9. The number of nitrogens with one attached hydrogen (secondary N) is 1. The lowest BCUT2D eigenvalue weighted by Gasteiger charge is -2.48. The van der Waals surface area contributed by atoms with E-state index in [2.05, 4.69) is 5.32 Å². The Morgan fingerprint density at radius 2 is 1.58 bits per heavy atom.